The standard InChI is InChI=1S/C10H9N2O/c13-10-3-1-2-8(7-10)6-9-4-5-11-12-9/h1-4,7,13H,6H2,(H,11,12). The molecular formula is C10H9N2O. The summed E-state index contributed by atoms with van der Waals surface area (Å²) in [6.07, 6.45) is 3.48. The maximum absolute atomic E-state index is 9.21. The lowest BCUT2D eigenvalue weighted by atomic mass is 10.1. The van der Waals surface area contributed by atoms with Gasteiger partial charge in [0.15, 0.2) is 0 Å². The van der Waals surface area contributed by atoms with Crippen LogP contribution in [0.25, 0.3) is 0 Å². The van der Waals surface area contributed by atoms with Crippen LogP contribution < -0.4 is 0 Å². The number of benzene rings is 1. The molecule has 1 aromatic carbocycles. The number of aromatic amines is 1. The van der Waals surface area contributed by atoms with Crippen molar-refractivity contribution >= 4 is 0 Å². The van der Waals surface area contributed by atoms with Crippen LogP contribution in [0.4, 0.5) is 0 Å². The van der Waals surface area contributed by atoms with Crippen molar-refractivity contribution in [3.05, 3.63) is 47.8 Å². The summed E-state index contributed by atoms with van der Waals surface area (Å²) in [6.45, 7) is 0. The van der Waals surface area contributed by atoms with Crippen molar-refractivity contribution in [1.29, 1.82) is 0 Å². The van der Waals surface area contributed by atoms with Gasteiger partial charge in [-0.1, -0.05) is 12.1 Å². The molecule has 0 fully saturated rings. The van der Waals surface area contributed by atoms with E-state index in [0.29, 0.717) is 6.42 Å². The van der Waals surface area contributed by atoms with Crippen molar-refractivity contribution in [3.8, 4) is 5.75 Å². The molecule has 0 aliphatic rings. The highest BCUT2D eigenvalue weighted by Gasteiger charge is 1.98. The van der Waals surface area contributed by atoms with E-state index in [4.69, 9.17) is 0 Å². The van der Waals surface area contributed by atoms with Gasteiger partial charge in [0.1, 0.15) is 5.75 Å². The summed E-state index contributed by atoms with van der Waals surface area (Å²) in [6, 6.07) is 8.95. The predicted molar refractivity (Wildman–Crippen MR) is 48.3 cm³/mol. The summed E-state index contributed by atoms with van der Waals surface area (Å²) < 4.78 is 0. The topological polar surface area (TPSA) is 48.9 Å². The molecule has 0 atom stereocenters. The van der Waals surface area contributed by atoms with Crippen molar-refractivity contribution in [3.63, 3.8) is 0 Å². The Bertz CT molecular complexity index is 382. The second-order valence-corrected chi connectivity index (χ2v) is 2.85. The molecule has 1 radical (unpaired) electrons. The Morgan fingerprint density at radius 2 is 2.38 bits per heavy atom. The van der Waals surface area contributed by atoms with Crippen molar-refractivity contribution in [1.82, 2.24) is 10.2 Å². The van der Waals surface area contributed by atoms with E-state index in [1.807, 2.05) is 12.1 Å². The van der Waals surface area contributed by atoms with Gasteiger partial charge < -0.3 is 5.11 Å². The van der Waals surface area contributed by atoms with Gasteiger partial charge in [-0.2, -0.15) is 5.10 Å². The van der Waals surface area contributed by atoms with E-state index in [-0.39, 0.29) is 5.75 Å². The van der Waals surface area contributed by atoms with E-state index in [1.54, 1.807) is 18.2 Å². The lowest BCUT2D eigenvalue weighted by Gasteiger charge is -1.98. The third-order valence-electron chi connectivity index (χ3n) is 1.80. The molecule has 0 aliphatic heterocycles. The van der Waals surface area contributed by atoms with Crippen LogP contribution in [0.5, 0.6) is 5.75 Å². The molecule has 0 saturated heterocycles. The van der Waals surface area contributed by atoms with Crippen LogP contribution in [-0.4, -0.2) is 15.3 Å². The summed E-state index contributed by atoms with van der Waals surface area (Å²) in [5.41, 5.74) is 1.96. The maximum atomic E-state index is 9.21. The summed E-state index contributed by atoms with van der Waals surface area (Å²) in [4.78, 5) is 0. The van der Waals surface area contributed by atoms with Gasteiger partial charge in [-0.15, -0.1) is 0 Å². The minimum absolute atomic E-state index is 0.289. The number of rotatable bonds is 2. The molecule has 0 aliphatic carbocycles. The van der Waals surface area contributed by atoms with Crippen LogP contribution >= 0.6 is 0 Å². The molecule has 1 aromatic heterocycles. The first-order valence-corrected chi connectivity index (χ1v) is 4.03. The first-order valence-electron chi connectivity index (χ1n) is 4.03. The number of aromatic hydroxyl groups is 1. The van der Waals surface area contributed by atoms with Crippen LogP contribution in [-0.2, 0) is 6.42 Å². The van der Waals surface area contributed by atoms with Gasteiger partial charge in [0.2, 0.25) is 0 Å². The second-order valence-electron chi connectivity index (χ2n) is 2.85. The third kappa shape index (κ3) is 1.87. The quantitative estimate of drug-likeness (QED) is 0.723. The van der Waals surface area contributed by atoms with Crippen molar-refractivity contribution < 1.29 is 5.11 Å². The van der Waals surface area contributed by atoms with Crippen molar-refractivity contribution in [2.24, 2.45) is 0 Å². The summed E-state index contributed by atoms with van der Waals surface area (Å²) in [5.74, 6) is 0.289. The fraction of sp³-hybridized carbons (Fsp3) is 0.100. The average molecular weight is 173 g/mol. The van der Waals surface area contributed by atoms with Gasteiger partial charge in [-0.25, -0.2) is 0 Å². The van der Waals surface area contributed by atoms with Gasteiger partial charge in [0.25, 0.3) is 0 Å². The number of phenolic OH excluding ortho intramolecular Hbond substituents is 1. The number of H-pyrrole nitrogens is 1. The highest BCUT2D eigenvalue weighted by molar-refractivity contribution is 5.29. The lowest BCUT2D eigenvalue weighted by molar-refractivity contribution is 0.474. The van der Waals surface area contributed by atoms with Gasteiger partial charge >= 0.3 is 0 Å². The maximum Gasteiger partial charge on any atom is 0.115 e. The Morgan fingerprint density at radius 1 is 1.46 bits per heavy atom. The molecule has 13 heavy (non-hydrogen) atoms. The molecule has 2 aromatic rings. The molecule has 1 heterocycles. The summed E-state index contributed by atoms with van der Waals surface area (Å²) in [7, 11) is 0. The second kappa shape index (κ2) is 3.31. The van der Waals surface area contributed by atoms with Gasteiger partial charge in [-0.3, -0.25) is 5.10 Å². The normalized spacial score (nSPS) is 10.2. The molecule has 0 unspecified atom stereocenters. The Kier molecular flexibility index (Phi) is 2.00. The Morgan fingerprint density at radius 3 is 3.08 bits per heavy atom. The minimum Gasteiger partial charge on any atom is -0.508 e. The Labute approximate surface area is 76.0 Å². The first-order chi connectivity index (χ1) is 6.34. The number of nitrogens with one attached hydrogen (secondary N) is 1. The minimum atomic E-state index is 0.289. The van der Waals surface area contributed by atoms with Crippen LogP contribution in [0.2, 0.25) is 0 Å². The zero-order chi connectivity index (χ0) is 9.10. The molecule has 2 N–H and O–H groups in total. The molecule has 0 saturated carbocycles. The number of nitrogens with zero attached hydrogens (tertiary/aromatic N) is 1. The largest absolute Gasteiger partial charge is 0.508 e. The van der Waals surface area contributed by atoms with Crippen LogP contribution in [0.3, 0.4) is 0 Å². The average Bonchev–Trinajstić information content (AvgIpc) is 2.57. The van der Waals surface area contributed by atoms with Crippen LogP contribution in [0, 0.1) is 6.20 Å². The number of hydrogen-bond acceptors (Lipinski definition) is 2. The molecule has 3 nitrogen and oxygen atoms in total. The fourth-order valence-electron chi connectivity index (χ4n) is 1.22. The predicted octanol–water partition coefficient (Wildman–Crippen LogP) is 1.51. The Balaban J connectivity index is 2.19. The van der Waals surface area contributed by atoms with Crippen LogP contribution in [0.1, 0.15) is 11.3 Å². The summed E-state index contributed by atoms with van der Waals surface area (Å²) in [5, 5.41) is 15.8. The highest BCUT2D eigenvalue weighted by atomic mass is 16.3. The molecule has 0 spiro atoms. The third-order valence-corrected chi connectivity index (χ3v) is 1.80. The zero-order valence-corrected chi connectivity index (χ0v) is 6.99. The molecule has 0 bridgehead atoms. The summed E-state index contributed by atoms with van der Waals surface area (Å²) >= 11 is 0. The number of aromatic nitrogens is 2. The molecule has 65 valence electrons. The molecule has 3 heteroatoms. The van der Waals surface area contributed by atoms with Gasteiger partial charge in [0.05, 0.1) is 11.9 Å². The monoisotopic (exact) mass is 173 g/mol. The van der Waals surface area contributed by atoms with Crippen LogP contribution in [0.15, 0.2) is 30.3 Å². The van der Waals surface area contributed by atoms with Crippen molar-refractivity contribution in [2.75, 3.05) is 0 Å². The fourth-order valence-corrected chi connectivity index (χ4v) is 1.22. The van der Waals surface area contributed by atoms with E-state index in [9.17, 15) is 5.11 Å². The van der Waals surface area contributed by atoms with E-state index < -0.39 is 0 Å². The van der Waals surface area contributed by atoms with E-state index in [0.717, 1.165) is 11.3 Å². The van der Waals surface area contributed by atoms with E-state index in [1.165, 1.54) is 0 Å². The number of phenols is 1. The van der Waals surface area contributed by atoms with Gasteiger partial charge in [-0.05, 0) is 23.8 Å². The number of hydrogen-bond donors (Lipinski definition) is 2. The highest BCUT2D eigenvalue weighted by Crippen LogP contribution is 2.13. The first kappa shape index (κ1) is 7.86. The van der Waals surface area contributed by atoms with Gasteiger partial charge in [0, 0.05) is 6.42 Å². The molecule has 0 amide bonds. The van der Waals surface area contributed by atoms with E-state index in [2.05, 4.69) is 16.4 Å². The lowest BCUT2D eigenvalue weighted by Crippen LogP contribution is -1.87. The van der Waals surface area contributed by atoms with E-state index >= 15 is 0 Å². The van der Waals surface area contributed by atoms with Crippen molar-refractivity contribution in [2.45, 2.75) is 6.42 Å². The SMILES string of the molecule is Oc1cccc(Cc2c[c][nH]n2)c1. The zero-order valence-electron chi connectivity index (χ0n) is 6.99. The molecule has 2 rings (SSSR count). The Hall–Kier alpha value is -1.77. The smallest absolute Gasteiger partial charge is 0.115 e. The molecular weight excluding hydrogens is 164 g/mol.